The third kappa shape index (κ3) is 4.24. The van der Waals surface area contributed by atoms with Crippen LogP contribution in [-0.4, -0.2) is 25.7 Å². The van der Waals surface area contributed by atoms with Crippen molar-refractivity contribution in [2.24, 2.45) is 0 Å². The number of aryl methyl sites for hydroxylation is 1. The topological polar surface area (TPSA) is 47.6 Å². The lowest BCUT2D eigenvalue weighted by molar-refractivity contribution is -0.116. The van der Waals surface area contributed by atoms with Crippen molar-refractivity contribution in [2.45, 2.75) is 32.6 Å². The van der Waals surface area contributed by atoms with E-state index in [1.54, 1.807) is 0 Å². The molecule has 1 aliphatic rings. The predicted molar refractivity (Wildman–Crippen MR) is 74.6 cm³/mol. The second kappa shape index (κ2) is 7.14. The van der Waals surface area contributed by atoms with Gasteiger partial charge in [0.15, 0.2) is 0 Å². The fourth-order valence-corrected chi connectivity index (χ4v) is 2.01. The molecule has 0 atom stereocenters. The molecule has 4 heteroatoms. The van der Waals surface area contributed by atoms with Crippen LogP contribution in [0.1, 0.15) is 31.7 Å². The van der Waals surface area contributed by atoms with Crippen LogP contribution in [0, 0.1) is 0 Å². The van der Waals surface area contributed by atoms with Gasteiger partial charge in [-0.2, -0.15) is 0 Å². The summed E-state index contributed by atoms with van der Waals surface area (Å²) in [5.74, 6) is 0.854. The number of carbonyl (C=O) groups excluding carboxylic acids is 1. The zero-order chi connectivity index (χ0) is 13.5. The Labute approximate surface area is 114 Å². The number of rotatable bonds is 7. The third-order valence-electron chi connectivity index (χ3n) is 3.12. The Morgan fingerprint density at radius 1 is 1.21 bits per heavy atom. The molecule has 0 saturated heterocycles. The summed E-state index contributed by atoms with van der Waals surface area (Å²) in [5.41, 5.74) is 2.05. The lowest BCUT2D eigenvalue weighted by Crippen LogP contribution is -2.19. The zero-order valence-corrected chi connectivity index (χ0v) is 11.4. The van der Waals surface area contributed by atoms with Gasteiger partial charge < -0.3 is 14.8 Å². The van der Waals surface area contributed by atoms with Crippen LogP contribution in [0.15, 0.2) is 18.2 Å². The van der Waals surface area contributed by atoms with Gasteiger partial charge in [-0.25, -0.2) is 0 Å². The largest absolute Gasteiger partial charge is 0.491 e. The average Bonchev–Trinajstić information content (AvgIpc) is 2.42. The van der Waals surface area contributed by atoms with E-state index in [-0.39, 0.29) is 5.91 Å². The molecule has 0 unspecified atom stereocenters. The summed E-state index contributed by atoms with van der Waals surface area (Å²) in [6.45, 7) is 4.07. The molecule has 1 heterocycles. The van der Waals surface area contributed by atoms with Crippen LogP contribution < -0.4 is 10.1 Å². The van der Waals surface area contributed by atoms with Crippen molar-refractivity contribution < 1.29 is 14.3 Å². The maximum Gasteiger partial charge on any atom is 0.224 e. The summed E-state index contributed by atoms with van der Waals surface area (Å²) in [6.07, 6.45) is 3.61. The number of carbonyl (C=O) groups is 1. The first-order chi connectivity index (χ1) is 9.29. The molecule has 2 rings (SSSR count). The number of fused-ring (bicyclic) bond motifs is 1. The quantitative estimate of drug-likeness (QED) is 0.769. The van der Waals surface area contributed by atoms with Crippen molar-refractivity contribution in [1.29, 1.82) is 0 Å². The van der Waals surface area contributed by atoms with Crippen molar-refractivity contribution >= 4 is 11.6 Å². The molecule has 1 aromatic carbocycles. The Morgan fingerprint density at radius 3 is 2.95 bits per heavy atom. The van der Waals surface area contributed by atoms with Crippen molar-refractivity contribution in [3.05, 3.63) is 23.8 Å². The van der Waals surface area contributed by atoms with Crippen LogP contribution in [0.5, 0.6) is 5.75 Å². The monoisotopic (exact) mass is 263 g/mol. The minimum absolute atomic E-state index is 0.0764. The van der Waals surface area contributed by atoms with Gasteiger partial charge in [0, 0.05) is 24.8 Å². The van der Waals surface area contributed by atoms with Crippen molar-refractivity contribution in [3.63, 3.8) is 0 Å². The molecule has 0 radical (unpaired) electrons. The van der Waals surface area contributed by atoms with E-state index in [4.69, 9.17) is 9.47 Å². The Kier molecular flexibility index (Phi) is 5.21. The van der Waals surface area contributed by atoms with E-state index >= 15 is 0 Å². The summed E-state index contributed by atoms with van der Waals surface area (Å²) in [6, 6.07) is 5.85. The van der Waals surface area contributed by atoms with Crippen LogP contribution in [0.3, 0.4) is 0 Å². The SMILES string of the molecule is CCCCOCCOc1ccc2c(c1)NC(=O)CC2. The van der Waals surface area contributed by atoms with E-state index in [9.17, 15) is 4.79 Å². The molecule has 1 aromatic rings. The van der Waals surface area contributed by atoms with E-state index in [1.165, 1.54) is 5.56 Å². The number of hydrogen-bond acceptors (Lipinski definition) is 3. The first-order valence-corrected chi connectivity index (χ1v) is 6.93. The lowest BCUT2D eigenvalue weighted by Gasteiger charge is -2.17. The zero-order valence-electron chi connectivity index (χ0n) is 11.4. The molecule has 19 heavy (non-hydrogen) atoms. The highest BCUT2D eigenvalue weighted by atomic mass is 16.5. The summed E-state index contributed by atoms with van der Waals surface area (Å²) in [7, 11) is 0. The van der Waals surface area contributed by atoms with Crippen LogP contribution in [0.25, 0.3) is 0 Å². The number of amides is 1. The van der Waals surface area contributed by atoms with Crippen LogP contribution in [-0.2, 0) is 16.0 Å². The molecule has 0 aromatic heterocycles. The van der Waals surface area contributed by atoms with Gasteiger partial charge in [0.1, 0.15) is 12.4 Å². The normalized spacial score (nSPS) is 13.8. The predicted octanol–water partition coefficient (Wildman–Crippen LogP) is 2.77. The number of benzene rings is 1. The average molecular weight is 263 g/mol. The number of anilines is 1. The van der Waals surface area contributed by atoms with Gasteiger partial charge in [0.05, 0.1) is 6.61 Å². The fraction of sp³-hybridized carbons (Fsp3) is 0.533. The Hall–Kier alpha value is -1.55. The molecule has 1 amide bonds. The highest BCUT2D eigenvalue weighted by Gasteiger charge is 2.14. The maximum absolute atomic E-state index is 11.3. The van der Waals surface area contributed by atoms with Gasteiger partial charge in [0.25, 0.3) is 0 Å². The van der Waals surface area contributed by atoms with E-state index < -0.39 is 0 Å². The molecular weight excluding hydrogens is 242 g/mol. The van der Waals surface area contributed by atoms with Gasteiger partial charge >= 0.3 is 0 Å². The van der Waals surface area contributed by atoms with Crippen molar-refractivity contribution in [2.75, 3.05) is 25.1 Å². The highest BCUT2D eigenvalue weighted by molar-refractivity contribution is 5.94. The number of unbranched alkanes of at least 4 members (excludes halogenated alkanes) is 1. The van der Waals surface area contributed by atoms with Gasteiger partial charge in [-0.05, 0) is 24.5 Å². The summed E-state index contributed by atoms with van der Waals surface area (Å²) < 4.78 is 11.0. The van der Waals surface area contributed by atoms with Gasteiger partial charge in [-0.3, -0.25) is 4.79 Å². The summed E-state index contributed by atoms with van der Waals surface area (Å²) in [4.78, 5) is 11.3. The minimum Gasteiger partial charge on any atom is -0.491 e. The van der Waals surface area contributed by atoms with Crippen LogP contribution in [0.2, 0.25) is 0 Å². The van der Waals surface area contributed by atoms with Crippen LogP contribution in [0.4, 0.5) is 5.69 Å². The van der Waals surface area contributed by atoms with Crippen molar-refractivity contribution in [3.8, 4) is 5.75 Å². The molecular formula is C15H21NO3. The third-order valence-corrected chi connectivity index (χ3v) is 3.12. The van der Waals surface area contributed by atoms with Gasteiger partial charge in [-0.15, -0.1) is 0 Å². The summed E-state index contributed by atoms with van der Waals surface area (Å²) >= 11 is 0. The van der Waals surface area contributed by atoms with E-state index in [2.05, 4.69) is 12.2 Å². The van der Waals surface area contributed by atoms with Crippen LogP contribution >= 0.6 is 0 Å². The number of hydrogen-bond donors (Lipinski definition) is 1. The van der Waals surface area contributed by atoms with E-state index in [0.29, 0.717) is 19.6 Å². The second-order valence-electron chi connectivity index (χ2n) is 4.68. The lowest BCUT2D eigenvalue weighted by atomic mass is 10.0. The van der Waals surface area contributed by atoms with Crippen molar-refractivity contribution in [1.82, 2.24) is 0 Å². The Bertz CT molecular complexity index is 431. The highest BCUT2D eigenvalue weighted by Crippen LogP contribution is 2.26. The molecule has 1 N–H and O–H groups in total. The maximum atomic E-state index is 11.3. The number of ether oxygens (including phenoxy) is 2. The molecule has 1 aliphatic heterocycles. The second-order valence-corrected chi connectivity index (χ2v) is 4.68. The Balaban J connectivity index is 1.78. The minimum atomic E-state index is 0.0764. The first-order valence-electron chi connectivity index (χ1n) is 6.93. The molecule has 0 fully saturated rings. The Morgan fingerprint density at radius 2 is 2.11 bits per heavy atom. The molecule has 104 valence electrons. The van der Waals surface area contributed by atoms with Gasteiger partial charge in [-0.1, -0.05) is 19.4 Å². The first kappa shape index (κ1) is 13.9. The van der Waals surface area contributed by atoms with Gasteiger partial charge in [0.2, 0.25) is 5.91 Å². The smallest absolute Gasteiger partial charge is 0.224 e. The summed E-state index contributed by atoms with van der Waals surface area (Å²) in [5, 5.41) is 2.87. The standard InChI is InChI=1S/C15H21NO3/c1-2-3-8-18-9-10-19-13-6-4-12-5-7-15(17)16-14(12)11-13/h4,6,11H,2-3,5,7-10H2,1H3,(H,16,17). The molecule has 0 aliphatic carbocycles. The molecule has 0 bridgehead atoms. The van der Waals surface area contributed by atoms with E-state index in [0.717, 1.165) is 37.3 Å². The molecule has 0 saturated carbocycles. The van der Waals surface area contributed by atoms with E-state index in [1.807, 2.05) is 18.2 Å². The fourth-order valence-electron chi connectivity index (χ4n) is 2.01. The number of nitrogens with one attached hydrogen (secondary N) is 1. The molecule has 0 spiro atoms. The molecule has 4 nitrogen and oxygen atoms in total.